The van der Waals surface area contributed by atoms with Crippen LogP contribution in [0.5, 0.6) is 0 Å². The first-order valence-corrected chi connectivity index (χ1v) is 6.85. The SMILES string of the molecule is COCCCN(CCOC)c1c(N)cccc1C(=O)OC. The lowest BCUT2D eigenvalue weighted by Gasteiger charge is -2.27. The van der Waals surface area contributed by atoms with Crippen LogP contribution >= 0.6 is 0 Å². The van der Waals surface area contributed by atoms with Gasteiger partial charge in [-0.15, -0.1) is 0 Å². The Bertz CT molecular complexity index is 451. The highest BCUT2D eigenvalue weighted by Crippen LogP contribution is 2.28. The second kappa shape index (κ2) is 9.20. The number of carbonyl (C=O) groups is 1. The van der Waals surface area contributed by atoms with Crippen molar-refractivity contribution in [3.05, 3.63) is 23.8 Å². The second-order valence-corrected chi connectivity index (χ2v) is 4.56. The fourth-order valence-corrected chi connectivity index (χ4v) is 2.13. The van der Waals surface area contributed by atoms with Gasteiger partial charge in [0.25, 0.3) is 0 Å². The summed E-state index contributed by atoms with van der Waals surface area (Å²) in [6, 6.07) is 5.24. The van der Waals surface area contributed by atoms with Gasteiger partial charge in [-0.25, -0.2) is 4.79 Å². The molecule has 0 fully saturated rings. The molecule has 1 rings (SSSR count). The van der Waals surface area contributed by atoms with Gasteiger partial charge in [0.05, 0.1) is 30.7 Å². The van der Waals surface area contributed by atoms with Gasteiger partial charge in [-0.2, -0.15) is 0 Å². The zero-order valence-corrected chi connectivity index (χ0v) is 12.9. The van der Waals surface area contributed by atoms with Crippen LogP contribution in [-0.4, -0.2) is 53.6 Å². The molecular weight excluding hydrogens is 272 g/mol. The Kier molecular flexibility index (Phi) is 7.56. The maximum absolute atomic E-state index is 11.9. The number of methoxy groups -OCH3 is 3. The summed E-state index contributed by atoms with van der Waals surface area (Å²) in [6.07, 6.45) is 0.829. The first-order chi connectivity index (χ1) is 10.2. The summed E-state index contributed by atoms with van der Waals surface area (Å²) in [5.41, 5.74) is 7.77. The Morgan fingerprint density at radius 2 is 1.86 bits per heavy atom. The smallest absolute Gasteiger partial charge is 0.340 e. The first-order valence-electron chi connectivity index (χ1n) is 6.85. The van der Waals surface area contributed by atoms with Crippen molar-refractivity contribution in [2.45, 2.75) is 6.42 Å². The molecule has 0 aliphatic heterocycles. The average Bonchev–Trinajstić information content (AvgIpc) is 2.50. The quantitative estimate of drug-likeness (QED) is 0.423. The Balaban J connectivity index is 3.06. The molecule has 2 N–H and O–H groups in total. The molecule has 0 saturated carbocycles. The highest BCUT2D eigenvalue weighted by molar-refractivity contribution is 5.99. The maximum Gasteiger partial charge on any atom is 0.340 e. The summed E-state index contributed by atoms with van der Waals surface area (Å²) >= 11 is 0. The molecule has 0 spiro atoms. The minimum atomic E-state index is -0.397. The molecule has 6 nitrogen and oxygen atoms in total. The summed E-state index contributed by atoms with van der Waals surface area (Å²) in [4.78, 5) is 14.0. The number of rotatable bonds is 9. The molecule has 0 bridgehead atoms. The van der Waals surface area contributed by atoms with Crippen LogP contribution in [0.25, 0.3) is 0 Å². The van der Waals surface area contributed by atoms with E-state index in [1.54, 1.807) is 32.4 Å². The van der Waals surface area contributed by atoms with E-state index in [1.165, 1.54) is 7.11 Å². The van der Waals surface area contributed by atoms with Crippen molar-refractivity contribution in [1.82, 2.24) is 0 Å². The number of anilines is 2. The molecule has 0 amide bonds. The van der Waals surface area contributed by atoms with Crippen LogP contribution in [0, 0.1) is 0 Å². The number of ether oxygens (including phenoxy) is 3. The van der Waals surface area contributed by atoms with E-state index in [2.05, 4.69) is 0 Å². The third kappa shape index (κ3) is 4.91. The largest absolute Gasteiger partial charge is 0.465 e. The first kappa shape index (κ1) is 17.3. The summed E-state index contributed by atoms with van der Waals surface area (Å²) in [7, 11) is 4.67. The number of hydrogen-bond donors (Lipinski definition) is 1. The van der Waals surface area contributed by atoms with Gasteiger partial charge in [-0.05, 0) is 18.6 Å². The lowest BCUT2D eigenvalue weighted by molar-refractivity contribution is 0.0601. The van der Waals surface area contributed by atoms with Crippen molar-refractivity contribution in [2.24, 2.45) is 0 Å². The zero-order valence-electron chi connectivity index (χ0n) is 12.9. The number of nitrogens with two attached hydrogens (primary N) is 1. The van der Waals surface area contributed by atoms with E-state index >= 15 is 0 Å². The van der Waals surface area contributed by atoms with Crippen molar-refractivity contribution in [3.8, 4) is 0 Å². The molecule has 1 aromatic carbocycles. The Labute approximate surface area is 125 Å². The number of nitrogens with zero attached hydrogens (tertiary/aromatic N) is 1. The van der Waals surface area contributed by atoms with Crippen molar-refractivity contribution in [1.29, 1.82) is 0 Å². The van der Waals surface area contributed by atoms with Crippen LogP contribution in [0.2, 0.25) is 0 Å². The zero-order chi connectivity index (χ0) is 15.7. The molecule has 0 aliphatic carbocycles. The van der Waals surface area contributed by atoms with Gasteiger partial charge in [0.15, 0.2) is 0 Å². The Morgan fingerprint density at radius 3 is 2.48 bits per heavy atom. The fourth-order valence-electron chi connectivity index (χ4n) is 2.13. The van der Waals surface area contributed by atoms with Crippen molar-refractivity contribution in [2.75, 3.05) is 58.3 Å². The highest BCUT2D eigenvalue weighted by Gasteiger charge is 2.19. The summed E-state index contributed by atoms with van der Waals surface area (Å²) in [6.45, 7) is 2.54. The lowest BCUT2D eigenvalue weighted by atomic mass is 10.1. The molecule has 118 valence electrons. The van der Waals surface area contributed by atoms with E-state index in [4.69, 9.17) is 19.9 Å². The fraction of sp³-hybridized carbons (Fsp3) is 0.533. The summed E-state index contributed by atoms with van der Waals surface area (Å²) in [5, 5.41) is 0. The van der Waals surface area contributed by atoms with Crippen molar-refractivity contribution < 1.29 is 19.0 Å². The van der Waals surface area contributed by atoms with Gasteiger partial charge in [0, 0.05) is 33.9 Å². The van der Waals surface area contributed by atoms with Gasteiger partial charge in [0.2, 0.25) is 0 Å². The Morgan fingerprint density at radius 1 is 1.14 bits per heavy atom. The van der Waals surface area contributed by atoms with E-state index in [1.807, 2.05) is 4.90 Å². The van der Waals surface area contributed by atoms with Crippen LogP contribution in [-0.2, 0) is 14.2 Å². The molecule has 0 aliphatic rings. The molecule has 21 heavy (non-hydrogen) atoms. The minimum Gasteiger partial charge on any atom is -0.465 e. The van der Waals surface area contributed by atoms with E-state index in [0.29, 0.717) is 36.7 Å². The number of para-hydroxylation sites is 1. The third-order valence-corrected chi connectivity index (χ3v) is 3.13. The van der Waals surface area contributed by atoms with Crippen LogP contribution in [0.3, 0.4) is 0 Å². The maximum atomic E-state index is 11.9. The monoisotopic (exact) mass is 296 g/mol. The third-order valence-electron chi connectivity index (χ3n) is 3.13. The van der Waals surface area contributed by atoms with Gasteiger partial charge in [-0.1, -0.05) is 6.07 Å². The minimum absolute atomic E-state index is 0.397. The number of hydrogen-bond acceptors (Lipinski definition) is 6. The molecule has 0 heterocycles. The molecule has 0 atom stereocenters. The molecule has 0 radical (unpaired) electrons. The van der Waals surface area contributed by atoms with E-state index < -0.39 is 5.97 Å². The highest BCUT2D eigenvalue weighted by atomic mass is 16.5. The van der Waals surface area contributed by atoms with Gasteiger partial charge >= 0.3 is 5.97 Å². The van der Waals surface area contributed by atoms with Crippen LogP contribution < -0.4 is 10.6 Å². The predicted octanol–water partition coefficient (Wildman–Crippen LogP) is 1.54. The van der Waals surface area contributed by atoms with E-state index in [0.717, 1.165) is 13.0 Å². The second-order valence-electron chi connectivity index (χ2n) is 4.56. The molecule has 6 heteroatoms. The molecule has 0 aromatic heterocycles. The lowest BCUT2D eigenvalue weighted by Crippen LogP contribution is -2.31. The standard InChI is InChI=1S/C15H24N2O4/c1-19-10-5-8-17(9-11-20-2)14-12(15(18)21-3)6-4-7-13(14)16/h4,6-7H,5,8-11,16H2,1-3H3. The van der Waals surface area contributed by atoms with E-state index in [9.17, 15) is 4.79 Å². The van der Waals surface area contributed by atoms with Gasteiger partial charge < -0.3 is 24.8 Å². The normalized spacial score (nSPS) is 10.4. The van der Waals surface area contributed by atoms with Crippen LogP contribution in [0.4, 0.5) is 11.4 Å². The summed E-state index contributed by atoms with van der Waals surface area (Å²) in [5.74, 6) is -0.397. The molecule has 1 aromatic rings. The van der Waals surface area contributed by atoms with Crippen LogP contribution in [0.15, 0.2) is 18.2 Å². The summed E-state index contributed by atoms with van der Waals surface area (Å²) < 4.78 is 15.1. The molecular formula is C15H24N2O4. The van der Waals surface area contributed by atoms with Crippen molar-refractivity contribution in [3.63, 3.8) is 0 Å². The number of carbonyl (C=O) groups excluding carboxylic acids is 1. The van der Waals surface area contributed by atoms with Crippen molar-refractivity contribution >= 4 is 17.3 Å². The van der Waals surface area contributed by atoms with Gasteiger partial charge in [0.1, 0.15) is 0 Å². The Hall–Kier alpha value is -1.79. The molecule has 0 unspecified atom stereocenters. The molecule has 0 saturated heterocycles. The number of nitrogen functional groups attached to an aromatic ring is 1. The van der Waals surface area contributed by atoms with Gasteiger partial charge in [-0.3, -0.25) is 0 Å². The van der Waals surface area contributed by atoms with Crippen LogP contribution in [0.1, 0.15) is 16.8 Å². The van der Waals surface area contributed by atoms with E-state index in [-0.39, 0.29) is 0 Å². The number of esters is 1. The number of benzene rings is 1. The average molecular weight is 296 g/mol. The predicted molar refractivity (Wildman–Crippen MR) is 82.8 cm³/mol. The topological polar surface area (TPSA) is 74.0 Å².